The number of hydrogen-bond donors (Lipinski definition) is 7. The fourth-order valence-corrected chi connectivity index (χ4v) is 8.75. The highest BCUT2D eigenvalue weighted by Gasteiger charge is 2.48. The predicted molar refractivity (Wildman–Crippen MR) is 256 cm³/mol. The SMILES string of the molecule is CCCCCCCCC/C=C/CC/C=C/C(O)C(COC1OC(CO)C(O)C(OS(=O)(=O)O)C1O)NC(=O)C(O)CCCCCCCCCCCCCCCCCCCCCCCC. The third-order valence-corrected chi connectivity index (χ3v) is 12.8. The van der Waals surface area contributed by atoms with E-state index >= 15 is 0 Å². The molecule has 1 saturated heterocycles. The Balaban J connectivity index is 2.46. The van der Waals surface area contributed by atoms with Crippen LogP contribution >= 0.6 is 0 Å². The molecular weight excluding hydrogens is 839 g/mol. The molecule has 0 aromatic carbocycles. The second-order valence-electron chi connectivity index (χ2n) is 18.3. The van der Waals surface area contributed by atoms with Crippen molar-refractivity contribution in [2.45, 2.75) is 275 Å². The van der Waals surface area contributed by atoms with Gasteiger partial charge in [0.1, 0.15) is 30.5 Å². The van der Waals surface area contributed by atoms with Crippen LogP contribution < -0.4 is 5.32 Å². The maximum atomic E-state index is 13.1. The lowest BCUT2D eigenvalue weighted by Crippen LogP contribution is -2.61. The average Bonchev–Trinajstić information content (AvgIpc) is 3.27. The summed E-state index contributed by atoms with van der Waals surface area (Å²) in [6, 6.07) is -1.13. The van der Waals surface area contributed by atoms with Crippen molar-refractivity contribution in [1.29, 1.82) is 0 Å². The van der Waals surface area contributed by atoms with Gasteiger partial charge in [-0.1, -0.05) is 218 Å². The molecule has 8 unspecified atom stereocenters. The van der Waals surface area contributed by atoms with Crippen LogP contribution in [-0.4, -0.2) is 107 Å². The van der Waals surface area contributed by atoms with Gasteiger partial charge in [-0.15, -0.1) is 0 Å². The minimum Gasteiger partial charge on any atom is -0.394 e. The summed E-state index contributed by atoms with van der Waals surface area (Å²) in [6.07, 6.45) is 35.5. The van der Waals surface area contributed by atoms with Gasteiger partial charge in [0.05, 0.1) is 25.4 Å². The number of aliphatic hydroxyl groups is 5. The smallest absolute Gasteiger partial charge is 0.394 e. The molecule has 0 saturated carbocycles. The van der Waals surface area contributed by atoms with Crippen LogP contribution in [0.15, 0.2) is 24.3 Å². The average molecular weight is 934 g/mol. The van der Waals surface area contributed by atoms with E-state index < -0.39 is 78.5 Å². The number of ether oxygens (including phenoxy) is 2. The molecule has 1 heterocycles. The summed E-state index contributed by atoms with van der Waals surface area (Å²) in [4.78, 5) is 13.1. The molecule has 64 heavy (non-hydrogen) atoms. The number of allylic oxidation sites excluding steroid dienone is 3. The summed E-state index contributed by atoms with van der Waals surface area (Å²) in [5.41, 5.74) is 0. The van der Waals surface area contributed by atoms with Crippen molar-refractivity contribution >= 4 is 16.3 Å². The van der Waals surface area contributed by atoms with Gasteiger partial charge in [-0.25, -0.2) is 4.18 Å². The van der Waals surface area contributed by atoms with Crippen molar-refractivity contribution < 1.29 is 57.0 Å². The molecule has 0 aliphatic carbocycles. The van der Waals surface area contributed by atoms with Gasteiger partial charge >= 0.3 is 10.4 Å². The molecule has 1 aliphatic heterocycles. The van der Waals surface area contributed by atoms with E-state index in [9.17, 15) is 43.3 Å². The Hall–Kier alpha value is -1.46. The van der Waals surface area contributed by atoms with Crippen molar-refractivity contribution in [2.75, 3.05) is 13.2 Å². The van der Waals surface area contributed by atoms with Gasteiger partial charge in [0.15, 0.2) is 6.29 Å². The Morgan fingerprint density at radius 3 is 1.50 bits per heavy atom. The molecule has 1 fully saturated rings. The molecule has 7 N–H and O–H groups in total. The topological polar surface area (TPSA) is 212 Å². The number of rotatable bonds is 44. The van der Waals surface area contributed by atoms with Gasteiger partial charge in [-0.3, -0.25) is 9.35 Å². The predicted octanol–water partition coefficient (Wildman–Crippen LogP) is 9.86. The number of aliphatic hydroxyl groups excluding tert-OH is 5. The molecule has 8 atom stereocenters. The fourth-order valence-electron chi connectivity index (χ4n) is 8.24. The summed E-state index contributed by atoms with van der Waals surface area (Å²) in [5, 5.41) is 55.3. The number of hydrogen-bond acceptors (Lipinski definition) is 11. The molecule has 0 aromatic rings. The Morgan fingerprint density at radius 1 is 0.625 bits per heavy atom. The van der Waals surface area contributed by atoms with Gasteiger partial charge in [-0.2, -0.15) is 8.42 Å². The molecule has 13 nitrogen and oxygen atoms in total. The molecule has 1 amide bonds. The van der Waals surface area contributed by atoms with E-state index in [-0.39, 0.29) is 6.42 Å². The third-order valence-electron chi connectivity index (χ3n) is 12.3. The first-order valence-electron chi connectivity index (χ1n) is 25.8. The normalized spacial score (nSPS) is 20.9. The quantitative estimate of drug-likeness (QED) is 0.0173. The third kappa shape index (κ3) is 32.3. The fraction of sp³-hybridized carbons (Fsp3) is 0.900. The minimum atomic E-state index is -5.12. The monoisotopic (exact) mass is 934 g/mol. The highest BCUT2D eigenvalue weighted by atomic mass is 32.3. The maximum absolute atomic E-state index is 13.1. The Bertz CT molecular complexity index is 1250. The van der Waals surface area contributed by atoms with Crippen molar-refractivity contribution in [2.24, 2.45) is 0 Å². The Labute approximate surface area is 389 Å². The van der Waals surface area contributed by atoms with E-state index in [4.69, 9.17) is 9.47 Å². The molecule has 1 aliphatic rings. The zero-order chi connectivity index (χ0) is 47.1. The van der Waals surface area contributed by atoms with E-state index in [1.54, 1.807) is 6.08 Å². The second-order valence-corrected chi connectivity index (χ2v) is 19.3. The van der Waals surface area contributed by atoms with E-state index in [2.05, 4.69) is 35.5 Å². The highest BCUT2D eigenvalue weighted by molar-refractivity contribution is 7.80. The summed E-state index contributed by atoms with van der Waals surface area (Å²) >= 11 is 0. The van der Waals surface area contributed by atoms with Crippen LogP contribution in [0.1, 0.15) is 226 Å². The summed E-state index contributed by atoms with van der Waals surface area (Å²) in [6.45, 7) is 3.21. The number of amides is 1. The van der Waals surface area contributed by atoms with Gasteiger partial charge in [0.25, 0.3) is 0 Å². The van der Waals surface area contributed by atoms with Crippen molar-refractivity contribution in [1.82, 2.24) is 5.32 Å². The van der Waals surface area contributed by atoms with Gasteiger partial charge < -0.3 is 40.3 Å². The highest BCUT2D eigenvalue weighted by Crippen LogP contribution is 2.26. The zero-order valence-electron chi connectivity index (χ0n) is 40.2. The van der Waals surface area contributed by atoms with Gasteiger partial charge in [-0.05, 0) is 32.1 Å². The standard InChI is InChI=1S/C50H95NO12S/c1-3-5-7-9-11-13-15-17-18-19-20-21-22-23-24-25-27-29-31-33-35-37-39-44(54)49(57)51-42(43(53)38-36-34-32-30-28-26-16-14-12-10-8-6-4-2)41-61-50-47(56)48(63-64(58,59)60)46(55)45(40-52)62-50/h28,30,36,38,42-48,50,52-56H,3-27,29,31-35,37,39-41H2,1-2H3,(H,51,57)(H,58,59,60)/b30-28+,38-36+. The zero-order valence-corrected chi connectivity index (χ0v) is 41.0. The molecule has 14 heteroatoms. The lowest BCUT2D eigenvalue weighted by atomic mass is 9.99. The van der Waals surface area contributed by atoms with E-state index in [0.29, 0.717) is 12.8 Å². The summed E-state index contributed by atoms with van der Waals surface area (Å²) < 4.78 is 47.5. The molecular formula is C50H95NO12S. The van der Waals surface area contributed by atoms with E-state index in [1.165, 1.54) is 160 Å². The molecule has 0 spiro atoms. The van der Waals surface area contributed by atoms with E-state index in [0.717, 1.165) is 38.5 Å². The number of carbonyl (C=O) groups excluding carboxylic acids is 1. The van der Waals surface area contributed by atoms with Crippen LogP contribution in [0, 0.1) is 0 Å². The van der Waals surface area contributed by atoms with Crippen LogP contribution in [0.25, 0.3) is 0 Å². The molecule has 0 bridgehead atoms. The first-order chi connectivity index (χ1) is 30.9. The van der Waals surface area contributed by atoms with Gasteiger partial charge in [0, 0.05) is 0 Å². The maximum Gasteiger partial charge on any atom is 0.397 e. The largest absolute Gasteiger partial charge is 0.397 e. The minimum absolute atomic E-state index is 0.241. The van der Waals surface area contributed by atoms with Crippen molar-refractivity contribution in [3.8, 4) is 0 Å². The molecule has 0 radical (unpaired) electrons. The summed E-state index contributed by atoms with van der Waals surface area (Å²) in [7, 11) is -5.12. The first kappa shape index (κ1) is 60.6. The molecule has 1 rings (SSSR count). The molecule has 0 aromatic heterocycles. The van der Waals surface area contributed by atoms with Gasteiger partial charge in [0.2, 0.25) is 5.91 Å². The van der Waals surface area contributed by atoms with Crippen molar-refractivity contribution in [3.63, 3.8) is 0 Å². The van der Waals surface area contributed by atoms with Crippen LogP contribution in [0.4, 0.5) is 0 Å². The lowest BCUT2D eigenvalue weighted by molar-refractivity contribution is -0.298. The lowest BCUT2D eigenvalue weighted by Gasteiger charge is -2.41. The second kappa shape index (κ2) is 40.6. The first-order valence-corrected chi connectivity index (χ1v) is 27.2. The van der Waals surface area contributed by atoms with E-state index in [1.807, 2.05) is 0 Å². The van der Waals surface area contributed by atoms with Crippen molar-refractivity contribution in [3.05, 3.63) is 24.3 Å². The number of carbonyl (C=O) groups is 1. The Kier molecular flexibility index (Phi) is 38.4. The number of unbranched alkanes of at least 4 members (excludes halogenated alkanes) is 29. The van der Waals surface area contributed by atoms with Crippen LogP contribution in [0.5, 0.6) is 0 Å². The van der Waals surface area contributed by atoms with Crippen LogP contribution in [0.3, 0.4) is 0 Å². The van der Waals surface area contributed by atoms with Crippen LogP contribution in [-0.2, 0) is 28.9 Å². The Morgan fingerprint density at radius 2 is 1.05 bits per heavy atom. The number of nitrogens with one attached hydrogen (secondary N) is 1. The molecule has 378 valence electrons. The van der Waals surface area contributed by atoms with Crippen LogP contribution in [0.2, 0.25) is 0 Å². The summed E-state index contributed by atoms with van der Waals surface area (Å²) in [5.74, 6) is -0.709.